The van der Waals surface area contributed by atoms with E-state index < -0.39 is 0 Å². The summed E-state index contributed by atoms with van der Waals surface area (Å²) in [5.41, 5.74) is 7.75. The number of benzene rings is 2. The number of nitrogen functional groups attached to an aromatic ring is 1. The largest absolute Gasteiger partial charge is 0.494 e. The fourth-order valence-electron chi connectivity index (χ4n) is 1.70. The average Bonchev–Trinajstić information content (AvgIpc) is 2.41. The maximum atomic E-state index is 5.84. The summed E-state index contributed by atoms with van der Waals surface area (Å²) in [5.74, 6) is 1.77. The lowest BCUT2D eigenvalue weighted by Crippen LogP contribution is -1.97. The molecule has 0 saturated heterocycles. The van der Waals surface area contributed by atoms with Crippen molar-refractivity contribution in [3.63, 3.8) is 0 Å². The molecule has 2 aromatic rings. The third kappa shape index (κ3) is 4.18. The van der Waals surface area contributed by atoms with E-state index in [9.17, 15) is 0 Å². The molecular formula is C15H16BrNOS. The summed E-state index contributed by atoms with van der Waals surface area (Å²) < 4.78 is 6.72. The molecule has 2 aromatic carbocycles. The molecule has 0 heterocycles. The van der Waals surface area contributed by atoms with Crippen molar-refractivity contribution in [2.24, 2.45) is 0 Å². The van der Waals surface area contributed by atoms with Gasteiger partial charge in [-0.3, -0.25) is 0 Å². The van der Waals surface area contributed by atoms with Gasteiger partial charge in [-0.15, -0.1) is 11.8 Å². The molecule has 2 nitrogen and oxygen atoms in total. The number of anilines is 1. The molecule has 2 N–H and O–H groups in total. The molecule has 0 spiro atoms. The van der Waals surface area contributed by atoms with Crippen LogP contribution >= 0.6 is 27.7 Å². The first kappa shape index (κ1) is 14.3. The normalized spacial score (nSPS) is 10.4. The first-order valence-corrected chi connectivity index (χ1v) is 7.86. The van der Waals surface area contributed by atoms with Gasteiger partial charge in [-0.1, -0.05) is 15.9 Å². The van der Waals surface area contributed by atoms with Gasteiger partial charge in [0.25, 0.3) is 0 Å². The van der Waals surface area contributed by atoms with Crippen LogP contribution in [-0.4, -0.2) is 6.61 Å². The van der Waals surface area contributed by atoms with E-state index in [0.29, 0.717) is 6.61 Å². The molecule has 0 unspecified atom stereocenters. The summed E-state index contributed by atoms with van der Waals surface area (Å²) in [5, 5.41) is 0. The number of ether oxygens (including phenoxy) is 1. The fourth-order valence-corrected chi connectivity index (χ4v) is 2.84. The molecular weight excluding hydrogens is 322 g/mol. The molecule has 0 radical (unpaired) electrons. The highest BCUT2D eigenvalue weighted by Crippen LogP contribution is 2.30. The monoisotopic (exact) mass is 337 g/mol. The van der Waals surface area contributed by atoms with E-state index in [1.165, 1.54) is 4.90 Å². The predicted octanol–water partition coefficient (Wildman–Crippen LogP) is 4.72. The van der Waals surface area contributed by atoms with Crippen LogP contribution in [0.4, 0.5) is 5.69 Å². The minimum absolute atomic E-state index is 0.667. The maximum Gasteiger partial charge on any atom is 0.123 e. The molecule has 0 fully saturated rings. The summed E-state index contributed by atoms with van der Waals surface area (Å²) in [4.78, 5) is 1.23. The van der Waals surface area contributed by atoms with Crippen LogP contribution in [0.25, 0.3) is 0 Å². The lowest BCUT2D eigenvalue weighted by atomic mass is 10.2. The Hall–Kier alpha value is -1.13. The van der Waals surface area contributed by atoms with Gasteiger partial charge in [0.2, 0.25) is 0 Å². The molecule has 2 rings (SSSR count). The summed E-state index contributed by atoms with van der Waals surface area (Å²) in [6.07, 6.45) is 0. The molecule has 0 aliphatic carbocycles. The summed E-state index contributed by atoms with van der Waals surface area (Å²) in [7, 11) is 0. The standard InChI is InChI=1S/C15H16BrNOS/c1-2-18-15-8-5-13(17)9-11(15)10-19-14-6-3-12(16)4-7-14/h3-9H,2,10,17H2,1H3. The Bertz CT molecular complexity index is 542. The summed E-state index contributed by atoms with van der Waals surface area (Å²) in [6, 6.07) is 14.1. The van der Waals surface area contributed by atoms with E-state index in [0.717, 1.165) is 27.2 Å². The third-order valence-electron chi connectivity index (χ3n) is 2.59. The molecule has 0 atom stereocenters. The Morgan fingerprint density at radius 1 is 1.16 bits per heavy atom. The van der Waals surface area contributed by atoms with Gasteiger partial charge < -0.3 is 10.5 Å². The van der Waals surface area contributed by atoms with Gasteiger partial charge in [0, 0.05) is 26.4 Å². The Balaban J connectivity index is 2.09. The van der Waals surface area contributed by atoms with E-state index in [2.05, 4.69) is 28.1 Å². The maximum absolute atomic E-state index is 5.84. The number of halogens is 1. The first-order chi connectivity index (χ1) is 9.19. The number of hydrogen-bond acceptors (Lipinski definition) is 3. The second kappa shape index (κ2) is 6.87. The van der Waals surface area contributed by atoms with Gasteiger partial charge in [0.1, 0.15) is 5.75 Å². The molecule has 0 amide bonds. The van der Waals surface area contributed by atoms with Crippen molar-refractivity contribution in [1.29, 1.82) is 0 Å². The van der Waals surface area contributed by atoms with E-state index in [-0.39, 0.29) is 0 Å². The predicted molar refractivity (Wildman–Crippen MR) is 85.7 cm³/mol. The van der Waals surface area contributed by atoms with Gasteiger partial charge in [0.05, 0.1) is 6.61 Å². The second-order valence-electron chi connectivity index (χ2n) is 4.04. The number of rotatable bonds is 5. The lowest BCUT2D eigenvalue weighted by molar-refractivity contribution is 0.337. The molecule has 4 heteroatoms. The van der Waals surface area contributed by atoms with Crippen molar-refractivity contribution in [2.75, 3.05) is 12.3 Å². The SMILES string of the molecule is CCOc1ccc(N)cc1CSc1ccc(Br)cc1. The Morgan fingerprint density at radius 2 is 1.89 bits per heavy atom. The lowest BCUT2D eigenvalue weighted by Gasteiger charge is -2.11. The number of hydrogen-bond donors (Lipinski definition) is 1. The zero-order chi connectivity index (χ0) is 13.7. The molecule has 0 aliphatic heterocycles. The van der Waals surface area contributed by atoms with Gasteiger partial charge in [-0.2, -0.15) is 0 Å². The Morgan fingerprint density at radius 3 is 2.58 bits per heavy atom. The van der Waals surface area contributed by atoms with Crippen molar-refractivity contribution >= 4 is 33.4 Å². The smallest absolute Gasteiger partial charge is 0.123 e. The van der Waals surface area contributed by atoms with Crippen LogP contribution in [0.3, 0.4) is 0 Å². The zero-order valence-corrected chi connectivity index (χ0v) is 13.1. The zero-order valence-electron chi connectivity index (χ0n) is 10.7. The van der Waals surface area contributed by atoms with E-state index in [1.54, 1.807) is 11.8 Å². The van der Waals surface area contributed by atoms with Crippen LogP contribution in [0.2, 0.25) is 0 Å². The van der Waals surface area contributed by atoms with E-state index >= 15 is 0 Å². The molecule has 0 aliphatic rings. The van der Waals surface area contributed by atoms with Crippen LogP contribution in [0, 0.1) is 0 Å². The second-order valence-corrected chi connectivity index (χ2v) is 6.01. The minimum atomic E-state index is 0.667. The fraction of sp³-hybridized carbons (Fsp3) is 0.200. The highest BCUT2D eigenvalue weighted by atomic mass is 79.9. The van der Waals surface area contributed by atoms with Crippen LogP contribution in [0.5, 0.6) is 5.75 Å². The van der Waals surface area contributed by atoms with Crippen molar-refractivity contribution in [3.8, 4) is 5.75 Å². The van der Waals surface area contributed by atoms with Crippen LogP contribution in [0.15, 0.2) is 51.8 Å². The molecule has 0 bridgehead atoms. The first-order valence-electron chi connectivity index (χ1n) is 6.08. The third-order valence-corrected chi connectivity index (χ3v) is 4.18. The molecule has 100 valence electrons. The van der Waals surface area contributed by atoms with Crippen molar-refractivity contribution < 1.29 is 4.74 Å². The van der Waals surface area contributed by atoms with Gasteiger partial charge in [-0.05, 0) is 49.4 Å². The van der Waals surface area contributed by atoms with E-state index in [1.807, 2.05) is 37.3 Å². The quantitative estimate of drug-likeness (QED) is 0.633. The van der Waals surface area contributed by atoms with Crippen LogP contribution in [0.1, 0.15) is 12.5 Å². The van der Waals surface area contributed by atoms with E-state index in [4.69, 9.17) is 10.5 Å². The summed E-state index contributed by atoms with van der Waals surface area (Å²) >= 11 is 5.21. The van der Waals surface area contributed by atoms with Crippen molar-refractivity contribution in [1.82, 2.24) is 0 Å². The Kier molecular flexibility index (Phi) is 5.16. The van der Waals surface area contributed by atoms with Crippen LogP contribution < -0.4 is 10.5 Å². The van der Waals surface area contributed by atoms with Gasteiger partial charge in [0.15, 0.2) is 0 Å². The highest BCUT2D eigenvalue weighted by molar-refractivity contribution is 9.10. The Labute approximate surface area is 126 Å². The minimum Gasteiger partial charge on any atom is -0.494 e. The number of nitrogens with two attached hydrogens (primary N) is 1. The molecule has 0 saturated carbocycles. The van der Waals surface area contributed by atoms with Crippen molar-refractivity contribution in [2.45, 2.75) is 17.6 Å². The van der Waals surface area contributed by atoms with Crippen molar-refractivity contribution in [3.05, 3.63) is 52.5 Å². The molecule has 19 heavy (non-hydrogen) atoms. The average molecular weight is 338 g/mol. The van der Waals surface area contributed by atoms with Gasteiger partial charge in [-0.25, -0.2) is 0 Å². The number of thioether (sulfide) groups is 1. The molecule has 0 aromatic heterocycles. The van der Waals surface area contributed by atoms with Crippen LogP contribution in [-0.2, 0) is 5.75 Å². The van der Waals surface area contributed by atoms with Gasteiger partial charge >= 0.3 is 0 Å². The summed E-state index contributed by atoms with van der Waals surface area (Å²) in [6.45, 7) is 2.65. The topological polar surface area (TPSA) is 35.2 Å². The highest BCUT2D eigenvalue weighted by Gasteiger charge is 2.05.